The summed E-state index contributed by atoms with van der Waals surface area (Å²) in [7, 11) is 0. The van der Waals surface area contributed by atoms with Crippen LogP contribution in [0, 0.1) is 0 Å². The second-order valence-corrected chi connectivity index (χ2v) is 9.85. The van der Waals surface area contributed by atoms with Gasteiger partial charge >= 0.3 is 36.4 Å². The quantitative estimate of drug-likeness (QED) is 0.198. The topological polar surface area (TPSA) is 98.5 Å². The van der Waals surface area contributed by atoms with Crippen molar-refractivity contribution in [1.82, 2.24) is 5.32 Å². The summed E-state index contributed by atoms with van der Waals surface area (Å²) in [4.78, 5) is 29.9. The molecule has 230 valence electrons. The van der Waals surface area contributed by atoms with Gasteiger partial charge in [-0.3, -0.25) is 4.79 Å². The lowest BCUT2D eigenvalue weighted by atomic mass is 10.0. The minimum atomic E-state index is -5.62. The molecule has 0 saturated heterocycles. The molecule has 2 aromatic rings. The SMILES string of the molecule is CC(CN)c1ccc(Br)cc1.CC(CNC(=O)C(F)(F)F)c1ccc(Br)cc1.O=C(OC(=O)C(F)(F)F)C(F)(F)F. The molecule has 2 aromatic carbocycles. The third kappa shape index (κ3) is 15.8. The highest BCUT2D eigenvalue weighted by Crippen LogP contribution is 2.22. The highest BCUT2D eigenvalue weighted by molar-refractivity contribution is 9.10. The number of amides is 1. The molecule has 0 saturated carbocycles. The van der Waals surface area contributed by atoms with Crippen molar-refractivity contribution in [3.8, 4) is 0 Å². The number of halogens is 11. The average molecular weight is 734 g/mol. The first-order valence-electron chi connectivity index (χ1n) is 11.1. The zero-order valence-corrected chi connectivity index (χ0v) is 24.2. The number of ether oxygens (including phenoxy) is 1. The second-order valence-electron chi connectivity index (χ2n) is 8.02. The minimum Gasteiger partial charge on any atom is -0.380 e. The fourth-order valence-electron chi connectivity index (χ4n) is 2.38. The summed E-state index contributed by atoms with van der Waals surface area (Å²) in [6, 6.07) is 15.5. The van der Waals surface area contributed by atoms with Gasteiger partial charge in [-0.25, -0.2) is 9.59 Å². The largest absolute Gasteiger partial charge is 0.491 e. The first kappa shape index (κ1) is 38.3. The van der Waals surface area contributed by atoms with E-state index < -0.39 is 36.4 Å². The zero-order chi connectivity index (χ0) is 32.2. The van der Waals surface area contributed by atoms with Crippen LogP contribution < -0.4 is 11.1 Å². The van der Waals surface area contributed by atoms with E-state index in [9.17, 15) is 53.9 Å². The predicted molar refractivity (Wildman–Crippen MR) is 136 cm³/mol. The standard InChI is InChI=1S/C11H11BrF3NO.C9H12BrN.C4F6O3/c1-7(6-16-10(17)11(13,14)15)8-2-4-9(12)5-3-8;1-7(6-11)8-2-4-9(10)5-3-8;5-3(6,7)1(11)13-2(12)4(8,9)10/h2-5,7H,6H2,1H3,(H,16,17);2-5,7H,6,11H2,1H3;. The molecule has 0 bridgehead atoms. The van der Waals surface area contributed by atoms with Crippen LogP contribution in [0.15, 0.2) is 57.5 Å². The van der Waals surface area contributed by atoms with E-state index in [1.807, 2.05) is 17.4 Å². The van der Waals surface area contributed by atoms with Crippen molar-refractivity contribution in [2.75, 3.05) is 13.1 Å². The molecule has 1 amide bonds. The van der Waals surface area contributed by atoms with Gasteiger partial charge in [-0.1, -0.05) is 70.0 Å². The van der Waals surface area contributed by atoms with Gasteiger partial charge in [0.1, 0.15) is 0 Å². The van der Waals surface area contributed by atoms with E-state index in [1.165, 1.54) is 5.56 Å². The molecule has 2 atom stereocenters. The molecule has 0 aliphatic rings. The van der Waals surface area contributed by atoms with E-state index in [0.717, 1.165) is 14.5 Å². The van der Waals surface area contributed by atoms with Gasteiger partial charge in [0, 0.05) is 15.5 Å². The number of hydrogen-bond donors (Lipinski definition) is 2. The number of esters is 2. The highest BCUT2D eigenvalue weighted by atomic mass is 79.9. The Kier molecular flexibility index (Phi) is 15.6. The Morgan fingerprint density at radius 3 is 1.34 bits per heavy atom. The van der Waals surface area contributed by atoms with Gasteiger partial charge in [0.15, 0.2) is 0 Å². The van der Waals surface area contributed by atoms with Crippen molar-refractivity contribution in [3.63, 3.8) is 0 Å². The van der Waals surface area contributed by atoms with Crippen molar-refractivity contribution in [1.29, 1.82) is 0 Å². The molecule has 0 aliphatic heterocycles. The molecular weight excluding hydrogens is 711 g/mol. The van der Waals surface area contributed by atoms with Crippen molar-refractivity contribution in [2.24, 2.45) is 5.73 Å². The average Bonchev–Trinajstić information content (AvgIpc) is 2.86. The zero-order valence-electron chi connectivity index (χ0n) is 21.1. The lowest BCUT2D eigenvalue weighted by Gasteiger charge is -2.14. The number of rotatable bonds is 5. The van der Waals surface area contributed by atoms with E-state index in [1.54, 1.807) is 31.2 Å². The van der Waals surface area contributed by atoms with Crippen LogP contribution in [-0.2, 0) is 19.1 Å². The molecule has 2 rings (SSSR count). The Morgan fingerprint density at radius 2 is 1.05 bits per heavy atom. The van der Waals surface area contributed by atoms with Gasteiger partial charge in [-0.05, 0) is 53.8 Å². The summed E-state index contributed by atoms with van der Waals surface area (Å²) in [5.74, 6) is -8.01. The summed E-state index contributed by atoms with van der Waals surface area (Å²) in [6.07, 6.45) is -16.1. The second kappa shape index (κ2) is 16.7. The molecular formula is C24H23Br2F9N2O4. The molecule has 17 heteroatoms. The van der Waals surface area contributed by atoms with Gasteiger partial charge in [-0.15, -0.1) is 0 Å². The number of carbonyl (C=O) groups excluding carboxylic acids is 3. The summed E-state index contributed by atoms with van der Waals surface area (Å²) < 4.78 is 107. The molecule has 3 N–H and O–H groups in total. The number of nitrogens with two attached hydrogens (primary N) is 1. The van der Waals surface area contributed by atoms with E-state index in [0.29, 0.717) is 12.5 Å². The van der Waals surface area contributed by atoms with Gasteiger partial charge in [-0.2, -0.15) is 39.5 Å². The maximum absolute atomic E-state index is 11.9. The first-order chi connectivity index (χ1) is 18.6. The fourth-order valence-corrected chi connectivity index (χ4v) is 2.91. The number of alkyl halides is 9. The molecule has 2 unspecified atom stereocenters. The molecule has 0 spiro atoms. The van der Waals surface area contributed by atoms with E-state index in [4.69, 9.17) is 5.73 Å². The summed E-state index contributed by atoms with van der Waals surface area (Å²) in [5, 5.41) is 1.86. The molecule has 0 aromatic heterocycles. The van der Waals surface area contributed by atoms with Gasteiger partial charge in [0.25, 0.3) is 0 Å². The number of carbonyl (C=O) groups is 3. The Labute approximate surface area is 245 Å². The predicted octanol–water partition coefficient (Wildman–Crippen LogP) is 6.92. The van der Waals surface area contributed by atoms with Crippen LogP contribution in [0.1, 0.15) is 36.8 Å². The lowest BCUT2D eigenvalue weighted by Crippen LogP contribution is -2.38. The third-order valence-corrected chi connectivity index (χ3v) is 5.76. The van der Waals surface area contributed by atoms with Crippen molar-refractivity contribution < 1.29 is 58.6 Å². The van der Waals surface area contributed by atoms with E-state index in [-0.39, 0.29) is 12.5 Å². The lowest BCUT2D eigenvalue weighted by molar-refractivity contribution is -0.221. The summed E-state index contributed by atoms with van der Waals surface area (Å²) in [5.41, 5.74) is 7.70. The van der Waals surface area contributed by atoms with Gasteiger partial charge in [0.2, 0.25) is 0 Å². The maximum atomic E-state index is 11.9. The Bertz CT molecular complexity index is 1100. The van der Waals surface area contributed by atoms with Crippen molar-refractivity contribution >= 4 is 49.7 Å². The molecule has 0 fully saturated rings. The molecule has 6 nitrogen and oxygen atoms in total. The molecule has 0 radical (unpaired) electrons. The van der Waals surface area contributed by atoms with Crippen molar-refractivity contribution in [3.05, 3.63) is 68.6 Å². The smallest absolute Gasteiger partial charge is 0.380 e. The number of hydrogen-bond acceptors (Lipinski definition) is 5. The Balaban J connectivity index is 0.000000601. The van der Waals surface area contributed by atoms with Crippen molar-refractivity contribution in [2.45, 2.75) is 44.2 Å². The molecule has 0 aliphatic carbocycles. The Morgan fingerprint density at radius 1 is 0.707 bits per heavy atom. The minimum absolute atomic E-state index is 0.0417. The third-order valence-electron chi connectivity index (χ3n) is 4.71. The van der Waals surface area contributed by atoms with Crippen LogP contribution in [0.3, 0.4) is 0 Å². The number of nitrogens with one attached hydrogen (secondary N) is 1. The number of benzene rings is 2. The summed E-state index contributed by atoms with van der Waals surface area (Å²) in [6.45, 7) is 4.55. The van der Waals surface area contributed by atoms with E-state index in [2.05, 4.69) is 55.7 Å². The van der Waals surface area contributed by atoms with E-state index >= 15 is 0 Å². The van der Waals surface area contributed by atoms with Crippen LogP contribution in [0.5, 0.6) is 0 Å². The fraction of sp³-hybridized carbons (Fsp3) is 0.375. The van der Waals surface area contributed by atoms with Gasteiger partial charge < -0.3 is 15.8 Å². The van der Waals surface area contributed by atoms with Crippen LogP contribution in [-0.4, -0.2) is 49.5 Å². The van der Waals surface area contributed by atoms with Gasteiger partial charge in [0.05, 0.1) is 0 Å². The normalized spacial score (nSPS) is 12.9. The highest BCUT2D eigenvalue weighted by Gasteiger charge is 2.49. The monoisotopic (exact) mass is 732 g/mol. The van der Waals surface area contributed by atoms with Crippen LogP contribution >= 0.6 is 31.9 Å². The summed E-state index contributed by atoms with van der Waals surface area (Å²) >= 11 is 6.65. The first-order valence-corrected chi connectivity index (χ1v) is 12.6. The maximum Gasteiger partial charge on any atom is 0.491 e. The van der Waals surface area contributed by atoms with Crippen LogP contribution in [0.4, 0.5) is 39.5 Å². The van der Waals surface area contributed by atoms with Crippen LogP contribution in [0.25, 0.3) is 0 Å². The van der Waals surface area contributed by atoms with Crippen LogP contribution in [0.2, 0.25) is 0 Å². The molecule has 0 heterocycles. The Hall–Kier alpha value is -2.66. The molecule has 41 heavy (non-hydrogen) atoms.